The Balaban J connectivity index is 1.27. The standard InChI is InChI=1S/C22H23F2N3O4/c23-17-4-3-16(14-18(17)24)21(29)27-11-9-26(10-12-27)20(28)15-5-7-25(8-6-15)22(30)19-2-1-13-31-19/h1-4,13-15H,5-12H2. The Morgan fingerprint density at radius 2 is 1.45 bits per heavy atom. The summed E-state index contributed by atoms with van der Waals surface area (Å²) in [6.07, 6.45) is 2.62. The lowest BCUT2D eigenvalue weighted by Gasteiger charge is -2.38. The third-order valence-corrected chi connectivity index (χ3v) is 5.91. The summed E-state index contributed by atoms with van der Waals surface area (Å²) >= 11 is 0. The Kier molecular flexibility index (Phi) is 6.01. The average molecular weight is 431 g/mol. The molecule has 3 amide bonds. The first-order valence-electron chi connectivity index (χ1n) is 10.3. The Labute approximate surface area is 178 Å². The zero-order valence-corrected chi connectivity index (χ0v) is 16.9. The zero-order valence-electron chi connectivity index (χ0n) is 16.9. The van der Waals surface area contributed by atoms with Crippen LogP contribution < -0.4 is 0 Å². The number of halogens is 2. The van der Waals surface area contributed by atoms with Crippen LogP contribution in [0.1, 0.15) is 33.8 Å². The highest BCUT2D eigenvalue weighted by Gasteiger charge is 2.33. The van der Waals surface area contributed by atoms with Crippen LogP contribution in [-0.4, -0.2) is 71.7 Å². The lowest BCUT2D eigenvalue weighted by molar-refractivity contribution is -0.138. The topological polar surface area (TPSA) is 74.1 Å². The number of furan rings is 1. The third kappa shape index (κ3) is 4.45. The molecule has 2 saturated heterocycles. The van der Waals surface area contributed by atoms with Crippen molar-refractivity contribution in [2.75, 3.05) is 39.3 Å². The number of piperazine rings is 1. The molecule has 0 atom stereocenters. The van der Waals surface area contributed by atoms with Crippen molar-refractivity contribution in [3.8, 4) is 0 Å². The third-order valence-electron chi connectivity index (χ3n) is 5.91. The minimum atomic E-state index is -1.06. The monoisotopic (exact) mass is 431 g/mol. The fraction of sp³-hybridized carbons (Fsp3) is 0.409. The van der Waals surface area contributed by atoms with E-state index in [2.05, 4.69) is 0 Å². The number of piperidine rings is 1. The van der Waals surface area contributed by atoms with Gasteiger partial charge in [0.25, 0.3) is 11.8 Å². The van der Waals surface area contributed by atoms with Gasteiger partial charge in [-0.2, -0.15) is 0 Å². The normalized spacial score (nSPS) is 17.7. The Bertz CT molecular complexity index is 963. The summed E-state index contributed by atoms with van der Waals surface area (Å²) in [5, 5.41) is 0. The van der Waals surface area contributed by atoms with Gasteiger partial charge >= 0.3 is 0 Å². The highest BCUT2D eigenvalue weighted by molar-refractivity contribution is 5.94. The maximum absolute atomic E-state index is 13.4. The molecule has 7 nitrogen and oxygen atoms in total. The quantitative estimate of drug-likeness (QED) is 0.748. The highest BCUT2D eigenvalue weighted by Crippen LogP contribution is 2.22. The van der Waals surface area contributed by atoms with Crippen molar-refractivity contribution in [1.29, 1.82) is 0 Å². The van der Waals surface area contributed by atoms with Crippen LogP contribution in [-0.2, 0) is 4.79 Å². The van der Waals surface area contributed by atoms with Gasteiger partial charge in [-0.15, -0.1) is 0 Å². The van der Waals surface area contributed by atoms with Gasteiger partial charge in [-0.25, -0.2) is 8.78 Å². The van der Waals surface area contributed by atoms with Crippen LogP contribution in [0.2, 0.25) is 0 Å². The minimum Gasteiger partial charge on any atom is -0.459 e. The van der Waals surface area contributed by atoms with Crippen molar-refractivity contribution in [2.24, 2.45) is 5.92 Å². The largest absolute Gasteiger partial charge is 0.459 e. The van der Waals surface area contributed by atoms with E-state index >= 15 is 0 Å². The molecule has 0 aliphatic carbocycles. The molecule has 3 heterocycles. The number of carbonyl (C=O) groups excluding carboxylic acids is 3. The summed E-state index contributed by atoms with van der Waals surface area (Å²) in [6.45, 7) is 2.42. The molecule has 1 aromatic carbocycles. The second-order valence-corrected chi connectivity index (χ2v) is 7.79. The molecule has 0 saturated carbocycles. The fourth-order valence-corrected chi connectivity index (χ4v) is 4.09. The molecule has 0 radical (unpaired) electrons. The molecular weight excluding hydrogens is 408 g/mol. The molecule has 2 fully saturated rings. The van der Waals surface area contributed by atoms with Gasteiger partial charge < -0.3 is 19.1 Å². The van der Waals surface area contributed by atoms with Crippen molar-refractivity contribution < 1.29 is 27.6 Å². The summed E-state index contributed by atoms with van der Waals surface area (Å²) in [5.41, 5.74) is 0.0901. The van der Waals surface area contributed by atoms with E-state index in [4.69, 9.17) is 4.42 Å². The summed E-state index contributed by atoms with van der Waals surface area (Å²) in [4.78, 5) is 42.8. The Hall–Kier alpha value is -3.23. The van der Waals surface area contributed by atoms with E-state index in [9.17, 15) is 23.2 Å². The van der Waals surface area contributed by atoms with Crippen LogP contribution in [0.4, 0.5) is 8.78 Å². The zero-order chi connectivity index (χ0) is 22.0. The first-order chi connectivity index (χ1) is 14.9. The molecule has 4 rings (SSSR count). The molecule has 164 valence electrons. The summed E-state index contributed by atoms with van der Waals surface area (Å²) in [7, 11) is 0. The molecule has 0 unspecified atom stereocenters. The number of hydrogen-bond donors (Lipinski definition) is 0. The number of amides is 3. The molecular formula is C22H23F2N3O4. The Morgan fingerprint density at radius 3 is 2.06 bits per heavy atom. The molecule has 2 aliphatic rings. The molecule has 0 N–H and O–H groups in total. The molecule has 0 spiro atoms. The molecule has 2 aromatic rings. The van der Waals surface area contributed by atoms with Crippen LogP contribution in [0.25, 0.3) is 0 Å². The molecule has 1 aromatic heterocycles. The molecule has 0 bridgehead atoms. The number of nitrogens with zero attached hydrogens (tertiary/aromatic N) is 3. The summed E-state index contributed by atoms with van der Waals surface area (Å²) in [6, 6.07) is 6.38. The predicted octanol–water partition coefficient (Wildman–Crippen LogP) is 2.39. The van der Waals surface area contributed by atoms with E-state index in [-0.39, 0.29) is 29.2 Å². The van der Waals surface area contributed by atoms with E-state index in [0.717, 1.165) is 12.1 Å². The number of likely N-dealkylation sites (tertiary alicyclic amines) is 1. The number of hydrogen-bond acceptors (Lipinski definition) is 4. The van der Waals surface area contributed by atoms with Gasteiger partial charge in [0.15, 0.2) is 17.4 Å². The second-order valence-electron chi connectivity index (χ2n) is 7.79. The maximum atomic E-state index is 13.4. The van der Waals surface area contributed by atoms with Crippen LogP contribution in [0.15, 0.2) is 41.0 Å². The molecule has 2 aliphatic heterocycles. The van der Waals surface area contributed by atoms with E-state index in [1.807, 2.05) is 0 Å². The molecule has 9 heteroatoms. The first kappa shape index (κ1) is 21.0. The van der Waals surface area contributed by atoms with Gasteiger partial charge in [-0.3, -0.25) is 14.4 Å². The van der Waals surface area contributed by atoms with Gasteiger partial charge in [0, 0.05) is 50.7 Å². The molecule has 31 heavy (non-hydrogen) atoms. The lowest BCUT2D eigenvalue weighted by atomic mass is 9.94. The highest BCUT2D eigenvalue weighted by atomic mass is 19.2. The van der Waals surface area contributed by atoms with E-state index < -0.39 is 11.6 Å². The van der Waals surface area contributed by atoms with Crippen molar-refractivity contribution in [3.63, 3.8) is 0 Å². The Morgan fingerprint density at radius 1 is 0.806 bits per heavy atom. The SMILES string of the molecule is O=C(c1ccc(F)c(F)c1)N1CCN(C(=O)C2CCN(C(=O)c3ccco3)CC2)CC1. The first-order valence-corrected chi connectivity index (χ1v) is 10.3. The van der Waals surface area contributed by atoms with Crippen LogP contribution in [0.3, 0.4) is 0 Å². The number of benzene rings is 1. The van der Waals surface area contributed by atoms with Gasteiger partial charge in [0.1, 0.15) is 0 Å². The minimum absolute atomic E-state index is 0.0324. The van der Waals surface area contributed by atoms with Gasteiger partial charge in [-0.1, -0.05) is 0 Å². The van der Waals surface area contributed by atoms with E-state index in [1.54, 1.807) is 26.8 Å². The van der Waals surface area contributed by atoms with Crippen molar-refractivity contribution in [2.45, 2.75) is 12.8 Å². The van der Waals surface area contributed by atoms with Gasteiger partial charge in [-0.05, 0) is 43.2 Å². The van der Waals surface area contributed by atoms with Gasteiger partial charge in [0.05, 0.1) is 6.26 Å². The van der Waals surface area contributed by atoms with Crippen LogP contribution in [0, 0.1) is 17.6 Å². The summed E-state index contributed by atoms with van der Waals surface area (Å²) in [5.74, 6) is -2.43. The number of carbonyl (C=O) groups is 3. The van der Waals surface area contributed by atoms with Gasteiger partial charge in [0.2, 0.25) is 5.91 Å². The van der Waals surface area contributed by atoms with E-state index in [0.29, 0.717) is 57.9 Å². The van der Waals surface area contributed by atoms with Crippen molar-refractivity contribution in [3.05, 3.63) is 59.6 Å². The van der Waals surface area contributed by atoms with Crippen molar-refractivity contribution in [1.82, 2.24) is 14.7 Å². The van der Waals surface area contributed by atoms with Crippen LogP contribution >= 0.6 is 0 Å². The van der Waals surface area contributed by atoms with Crippen LogP contribution in [0.5, 0.6) is 0 Å². The smallest absolute Gasteiger partial charge is 0.289 e. The van der Waals surface area contributed by atoms with E-state index in [1.165, 1.54) is 12.3 Å². The lowest BCUT2D eigenvalue weighted by Crippen LogP contribution is -2.53. The maximum Gasteiger partial charge on any atom is 0.289 e. The average Bonchev–Trinajstić information content (AvgIpc) is 3.35. The summed E-state index contributed by atoms with van der Waals surface area (Å²) < 4.78 is 31.7. The van der Waals surface area contributed by atoms with Crippen molar-refractivity contribution >= 4 is 17.7 Å². The number of rotatable bonds is 3. The second kappa shape index (κ2) is 8.87. The fourth-order valence-electron chi connectivity index (χ4n) is 4.09. The predicted molar refractivity (Wildman–Crippen MR) is 106 cm³/mol.